The maximum atomic E-state index is 7.42. The highest BCUT2D eigenvalue weighted by molar-refractivity contribution is 7.95. The van der Waals surface area contributed by atoms with Gasteiger partial charge in [0.2, 0.25) is 0 Å². The molecule has 0 aliphatic heterocycles. The average Bonchev–Trinajstić information content (AvgIpc) is 3.13. The van der Waals surface area contributed by atoms with Crippen LogP contribution in [0.3, 0.4) is 0 Å². The van der Waals surface area contributed by atoms with Gasteiger partial charge >= 0.3 is 0 Å². The van der Waals surface area contributed by atoms with E-state index in [-0.39, 0.29) is 44.0 Å². The predicted octanol–water partition coefficient (Wildman–Crippen LogP) is 6.32. The minimum atomic E-state index is -2.74. The van der Waals surface area contributed by atoms with Gasteiger partial charge in [0.15, 0.2) is 5.96 Å². The molecule has 4 aromatic rings. The van der Waals surface area contributed by atoms with Crippen molar-refractivity contribution >= 4 is 65.1 Å². The van der Waals surface area contributed by atoms with Crippen LogP contribution in [-0.2, 0) is 30.6 Å². The van der Waals surface area contributed by atoms with Crippen LogP contribution in [0.15, 0.2) is 126 Å². The summed E-state index contributed by atoms with van der Waals surface area (Å²) in [6.07, 6.45) is 11.1. The Labute approximate surface area is 335 Å². The molecular weight excluding hydrogens is 735 g/mol. The van der Waals surface area contributed by atoms with E-state index in [9.17, 15) is 0 Å². The summed E-state index contributed by atoms with van der Waals surface area (Å²) in [6, 6.07) is 43.4. The van der Waals surface area contributed by atoms with Crippen molar-refractivity contribution in [2.24, 2.45) is 10.7 Å². The number of nitrogens with one attached hydrogen (secondary N) is 1. The van der Waals surface area contributed by atoms with Gasteiger partial charge in [-0.3, -0.25) is 0 Å². The molecule has 0 unspecified atom stereocenters. The summed E-state index contributed by atoms with van der Waals surface area (Å²) >= 11 is 0. The van der Waals surface area contributed by atoms with Crippen LogP contribution in [0.4, 0.5) is 0 Å². The molecule has 0 spiro atoms. The van der Waals surface area contributed by atoms with Crippen molar-refractivity contribution < 1.29 is 8.85 Å². The molecule has 0 heterocycles. The van der Waals surface area contributed by atoms with Crippen LogP contribution in [0, 0.1) is 0 Å². The van der Waals surface area contributed by atoms with Crippen molar-refractivity contribution in [1.29, 1.82) is 0 Å². The van der Waals surface area contributed by atoms with Gasteiger partial charge in [0, 0.05) is 12.8 Å². The third-order valence-corrected chi connectivity index (χ3v) is 22.3. The fourth-order valence-electron chi connectivity index (χ4n) is 7.55. The van der Waals surface area contributed by atoms with E-state index >= 15 is 0 Å². The Kier molecular flexibility index (Phi) is 16.2. The van der Waals surface area contributed by atoms with Gasteiger partial charge in [0.25, 0.3) is 16.6 Å². The first-order valence-corrected chi connectivity index (χ1v) is 27.5. The molecule has 2 atom stereocenters. The first-order valence-electron chi connectivity index (χ1n) is 19.3. The third-order valence-electron chi connectivity index (χ3n) is 10.2. The number of nitrogens with two attached hydrogens (primary N) is 1. The zero-order chi connectivity index (χ0) is 39.4. The Morgan fingerprint density at radius 2 is 0.907 bits per heavy atom. The third kappa shape index (κ3) is 11.2. The average molecular weight is 802 g/mol. The fraction of sp³-hybridized carbons (Fsp3) is 0.444. The van der Waals surface area contributed by atoms with Gasteiger partial charge in [-0.15, -0.1) is 0 Å². The molecule has 9 heteroatoms. The van der Waals surface area contributed by atoms with E-state index in [2.05, 4.69) is 193 Å². The van der Waals surface area contributed by atoms with Gasteiger partial charge in [-0.05, 0) is 52.6 Å². The fourth-order valence-corrected chi connectivity index (χ4v) is 18.2. The first-order chi connectivity index (χ1) is 25.6. The van der Waals surface area contributed by atoms with Crippen molar-refractivity contribution in [1.82, 2.24) is 5.32 Å². The van der Waals surface area contributed by atoms with Crippen molar-refractivity contribution in [3.05, 3.63) is 121 Å². The molecule has 0 saturated carbocycles. The van der Waals surface area contributed by atoms with E-state index in [1.807, 2.05) is 0 Å². The molecule has 0 aliphatic carbocycles. The second kappa shape index (κ2) is 19.9. The van der Waals surface area contributed by atoms with Crippen molar-refractivity contribution in [2.45, 2.75) is 76.5 Å². The quantitative estimate of drug-likeness (QED) is 0.0536. The number of nitrogens with zero attached hydrogens (tertiary/aromatic N) is 1. The molecule has 4 aromatic carbocycles. The summed E-state index contributed by atoms with van der Waals surface area (Å²) in [7, 11) is -4.91. The Morgan fingerprint density at radius 3 is 1.24 bits per heavy atom. The number of rotatable bonds is 18. The van der Waals surface area contributed by atoms with E-state index in [1.165, 1.54) is 20.7 Å². The van der Waals surface area contributed by atoms with Crippen molar-refractivity contribution in [3.8, 4) is 0 Å². The van der Waals surface area contributed by atoms with E-state index in [4.69, 9.17) is 19.6 Å². The highest BCUT2D eigenvalue weighted by Gasteiger charge is 2.51. The molecule has 0 saturated heterocycles. The first kappa shape index (κ1) is 43.9. The van der Waals surface area contributed by atoms with Gasteiger partial charge in [-0.25, -0.2) is 4.99 Å². The molecule has 0 aromatic heterocycles. The molecule has 0 amide bonds. The summed E-state index contributed by atoms with van der Waals surface area (Å²) in [6.45, 7) is 15.0. The Balaban J connectivity index is 1.68. The van der Waals surface area contributed by atoms with Crippen molar-refractivity contribution in [2.75, 3.05) is 49.7 Å². The minimum Gasteiger partial charge on any atom is -0.405 e. The van der Waals surface area contributed by atoms with Gasteiger partial charge in [-0.2, -0.15) is 0 Å². The van der Waals surface area contributed by atoms with Gasteiger partial charge in [-0.1, -0.05) is 163 Å². The van der Waals surface area contributed by atoms with Crippen LogP contribution in [0.5, 0.6) is 0 Å². The minimum absolute atomic E-state index is 0.00974. The van der Waals surface area contributed by atoms with Crippen LogP contribution < -0.4 is 31.8 Å². The molecule has 4 rings (SSSR count). The lowest BCUT2D eigenvalue weighted by Gasteiger charge is -2.44. The van der Waals surface area contributed by atoms with E-state index < -0.39 is 16.6 Å². The van der Waals surface area contributed by atoms with Crippen LogP contribution >= 0.6 is 0 Å². The Morgan fingerprint density at radius 1 is 0.574 bits per heavy atom. The second-order valence-electron chi connectivity index (χ2n) is 16.9. The standard InChI is InChI=1S/C45H67N3O2S2Si2/c1-44(2,3)53(39-23-15-11-16-24-39,40-25-17-12-18-26-40)49-35-37(31-33-51(7)8)47-43(46)48-38(32-34-52(9)10)36-50-54(45(4,5)6,41-27-19-13-20-28-41)42-29-21-14-22-30-42/h11-30,37-38H,31-36H2,1-10H3,(H3,46,47,48)/q+2/t37-,38-/m0/s1. The number of hydrogen-bond donors (Lipinski definition) is 2. The molecule has 0 bridgehead atoms. The molecule has 0 aliphatic rings. The molecule has 3 N–H and O–H groups in total. The molecule has 0 radical (unpaired) electrons. The lowest BCUT2D eigenvalue weighted by molar-refractivity contribution is 0.257. The summed E-state index contributed by atoms with van der Waals surface area (Å²) in [5, 5.41) is 8.59. The predicted molar refractivity (Wildman–Crippen MR) is 247 cm³/mol. The molecule has 5 nitrogen and oxygen atoms in total. The van der Waals surface area contributed by atoms with Gasteiger partial charge < -0.3 is 19.9 Å². The Bertz CT molecular complexity index is 1620. The SMILES string of the molecule is C[S+](C)CC[C@@H](CO[Si](c1ccccc1)(c1ccccc1)C(C)(C)C)N=C(N)N[C@@H](CC[S+](C)C)CO[Si](c1ccccc1)(c1ccccc1)C(C)(C)C. The maximum Gasteiger partial charge on any atom is 0.261 e. The van der Waals surface area contributed by atoms with Crippen LogP contribution in [0.1, 0.15) is 54.4 Å². The van der Waals surface area contributed by atoms with Gasteiger partial charge in [0.05, 0.1) is 50.3 Å². The van der Waals surface area contributed by atoms with E-state index in [0.717, 1.165) is 24.3 Å². The van der Waals surface area contributed by atoms with E-state index in [0.29, 0.717) is 19.2 Å². The lowest BCUT2D eigenvalue weighted by Crippen LogP contribution is -2.67. The smallest absolute Gasteiger partial charge is 0.261 e. The van der Waals surface area contributed by atoms with Crippen LogP contribution in [0.2, 0.25) is 10.1 Å². The molecular formula is C45H67N3O2S2Si2+2. The maximum absolute atomic E-state index is 7.42. The van der Waals surface area contributed by atoms with Crippen LogP contribution in [0.25, 0.3) is 0 Å². The summed E-state index contributed by atoms with van der Waals surface area (Å²) in [5.41, 5.74) is 6.94. The number of hydrogen-bond acceptors (Lipinski definition) is 3. The molecule has 0 fully saturated rings. The lowest BCUT2D eigenvalue weighted by atomic mass is 10.2. The van der Waals surface area contributed by atoms with Crippen LogP contribution in [-0.4, -0.2) is 84.4 Å². The number of guanidine groups is 1. The summed E-state index contributed by atoms with van der Waals surface area (Å²) in [5.74, 6) is 2.63. The van der Waals surface area contributed by atoms with E-state index in [1.54, 1.807) is 0 Å². The normalized spacial score (nSPS) is 14.3. The number of benzene rings is 4. The highest BCUT2D eigenvalue weighted by Crippen LogP contribution is 2.38. The zero-order valence-corrected chi connectivity index (χ0v) is 38.2. The largest absolute Gasteiger partial charge is 0.405 e. The second-order valence-corrected chi connectivity index (χ2v) is 30.3. The summed E-state index contributed by atoms with van der Waals surface area (Å²) < 4.78 is 14.8. The van der Waals surface area contributed by atoms with Gasteiger partial charge in [0.1, 0.15) is 11.5 Å². The monoisotopic (exact) mass is 801 g/mol. The number of aliphatic imine (C=N–C) groups is 1. The molecule has 54 heavy (non-hydrogen) atoms. The van der Waals surface area contributed by atoms with Crippen molar-refractivity contribution in [3.63, 3.8) is 0 Å². The summed E-state index contributed by atoms with van der Waals surface area (Å²) in [4.78, 5) is 5.24. The topological polar surface area (TPSA) is 68.9 Å². The Hall–Kier alpha value is -2.80. The highest BCUT2D eigenvalue weighted by atomic mass is 32.2. The zero-order valence-electron chi connectivity index (χ0n) is 34.6. The molecule has 292 valence electrons.